The Labute approximate surface area is 189 Å². The molecule has 4 heterocycles. The maximum Gasteiger partial charge on any atom is 0.490 e. The third kappa shape index (κ3) is 5.88. The number of hydrogen-bond acceptors (Lipinski definition) is 9. The van der Waals surface area contributed by atoms with Crippen molar-refractivity contribution >= 4 is 45.7 Å². The zero-order valence-electron chi connectivity index (χ0n) is 17.3. The number of fused-ring (bicyclic) bond motifs is 1. The number of aromatic nitrogens is 5. The summed E-state index contributed by atoms with van der Waals surface area (Å²) in [7, 11) is 0. The molecule has 9 nitrogen and oxygen atoms in total. The average Bonchev–Trinajstić information content (AvgIpc) is 3.25. The lowest BCUT2D eigenvalue weighted by Gasteiger charge is -2.10. The Bertz CT molecular complexity index is 1260. The van der Waals surface area contributed by atoms with Crippen LogP contribution in [0.25, 0.3) is 21.6 Å². The summed E-state index contributed by atoms with van der Waals surface area (Å²) in [6, 6.07) is 9.43. The Balaban J connectivity index is 0.000000383. The van der Waals surface area contributed by atoms with Crippen LogP contribution in [0.3, 0.4) is 0 Å². The van der Waals surface area contributed by atoms with Crippen molar-refractivity contribution in [3.8, 4) is 10.6 Å². The van der Waals surface area contributed by atoms with Crippen molar-refractivity contribution in [2.45, 2.75) is 25.9 Å². The lowest BCUT2D eigenvalue weighted by atomic mass is 10.2. The minimum atomic E-state index is -5.08. The molecule has 4 aromatic heterocycles. The number of nitrogens with zero attached hydrogens (tertiary/aromatic N) is 5. The van der Waals surface area contributed by atoms with Crippen LogP contribution in [-0.2, 0) is 4.79 Å². The molecule has 0 spiro atoms. The van der Waals surface area contributed by atoms with Gasteiger partial charge in [-0.2, -0.15) is 13.2 Å². The first-order chi connectivity index (χ1) is 15.6. The van der Waals surface area contributed by atoms with Crippen LogP contribution in [0.5, 0.6) is 0 Å². The third-order valence-corrected chi connectivity index (χ3v) is 5.33. The number of nitrogen functional groups attached to an aromatic ring is 1. The van der Waals surface area contributed by atoms with E-state index >= 15 is 0 Å². The molecule has 0 saturated carbocycles. The second-order valence-electron chi connectivity index (χ2n) is 6.89. The molecule has 0 aliphatic rings. The number of alkyl halides is 3. The Hall–Kier alpha value is -3.87. The first-order valence-electron chi connectivity index (χ1n) is 9.43. The summed E-state index contributed by atoms with van der Waals surface area (Å²) in [6.07, 6.45) is -1.62. The van der Waals surface area contributed by atoms with Gasteiger partial charge in [0, 0.05) is 18.3 Å². The molecule has 4 aromatic rings. The Kier molecular flexibility index (Phi) is 7.01. The van der Waals surface area contributed by atoms with E-state index in [1.165, 1.54) is 11.3 Å². The molecule has 172 valence electrons. The second-order valence-corrected chi connectivity index (χ2v) is 7.90. The molecule has 0 aliphatic carbocycles. The number of nitrogens with two attached hydrogens (primary N) is 1. The monoisotopic (exact) mass is 477 g/mol. The summed E-state index contributed by atoms with van der Waals surface area (Å²) in [6.45, 7) is 4.17. The lowest BCUT2D eigenvalue weighted by Crippen LogP contribution is -2.21. The maximum absolute atomic E-state index is 10.6. The first-order valence-corrected chi connectivity index (χ1v) is 10.2. The van der Waals surface area contributed by atoms with Crippen molar-refractivity contribution < 1.29 is 23.1 Å². The first kappa shape index (κ1) is 23.8. The van der Waals surface area contributed by atoms with E-state index in [1.807, 2.05) is 30.3 Å². The van der Waals surface area contributed by atoms with Crippen molar-refractivity contribution in [1.82, 2.24) is 25.1 Å². The van der Waals surface area contributed by atoms with Crippen molar-refractivity contribution in [3.63, 3.8) is 0 Å². The van der Waals surface area contributed by atoms with Gasteiger partial charge in [0.05, 0.1) is 16.8 Å². The van der Waals surface area contributed by atoms with Crippen molar-refractivity contribution in [1.29, 1.82) is 0 Å². The molecular weight excluding hydrogens is 459 g/mol. The SMILES string of the molecule is CC(C)c1nnc(-c2cc3nccc(Nc4ccccn4)c3nc2N)s1.O=C(O)C(F)(F)F. The van der Waals surface area contributed by atoms with Crippen LogP contribution in [0, 0.1) is 0 Å². The molecule has 4 rings (SSSR count). The Morgan fingerprint density at radius 2 is 1.88 bits per heavy atom. The smallest absolute Gasteiger partial charge is 0.475 e. The molecular formula is C20H18F3N7O2S. The fraction of sp³-hybridized carbons (Fsp3) is 0.200. The molecule has 0 saturated heterocycles. The number of aliphatic carboxylic acids is 1. The van der Waals surface area contributed by atoms with E-state index in [0.717, 1.165) is 32.6 Å². The van der Waals surface area contributed by atoms with E-state index in [-0.39, 0.29) is 0 Å². The maximum atomic E-state index is 10.6. The van der Waals surface area contributed by atoms with Crippen molar-refractivity contribution in [2.24, 2.45) is 0 Å². The van der Waals surface area contributed by atoms with Gasteiger partial charge in [-0.1, -0.05) is 31.3 Å². The summed E-state index contributed by atoms with van der Waals surface area (Å²) in [5.41, 5.74) is 9.20. The van der Waals surface area contributed by atoms with E-state index in [9.17, 15) is 13.2 Å². The predicted octanol–water partition coefficient (Wildman–Crippen LogP) is 4.63. The minimum Gasteiger partial charge on any atom is -0.475 e. The van der Waals surface area contributed by atoms with Crippen molar-refractivity contribution in [3.05, 3.63) is 47.7 Å². The quantitative estimate of drug-likeness (QED) is 0.384. The molecule has 0 amide bonds. The molecule has 0 atom stereocenters. The van der Waals surface area contributed by atoms with Gasteiger partial charge in [-0.25, -0.2) is 14.8 Å². The van der Waals surface area contributed by atoms with Crippen LogP contribution in [0.1, 0.15) is 24.8 Å². The number of nitrogens with one attached hydrogen (secondary N) is 1. The fourth-order valence-corrected chi connectivity index (χ4v) is 3.38. The predicted molar refractivity (Wildman–Crippen MR) is 118 cm³/mol. The number of carboxylic acids is 1. The zero-order valence-corrected chi connectivity index (χ0v) is 18.1. The molecule has 33 heavy (non-hydrogen) atoms. The summed E-state index contributed by atoms with van der Waals surface area (Å²) >= 11 is 1.53. The molecule has 0 aliphatic heterocycles. The van der Waals surface area contributed by atoms with Gasteiger partial charge in [0.25, 0.3) is 0 Å². The number of halogens is 3. The highest BCUT2D eigenvalue weighted by Crippen LogP contribution is 2.34. The summed E-state index contributed by atoms with van der Waals surface area (Å²) < 4.78 is 31.7. The molecule has 0 bridgehead atoms. The van der Waals surface area contributed by atoms with E-state index in [0.29, 0.717) is 17.3 Å². The molecule has 4 N–H and O–H groups in total. The van der Waals surface area contributed by atoms with Gasteiger partial charge in [0.2, 0.25) is 0 Å². The number of carboxylic acid groups (broad SMARTS) is 1. The minimum absolute atomic E-state index is 0.322. The number of anilines is 3. The highest BCUT2D eigenvalue weighted by molar-refractivity contribution is 7.14. The van der Waals surface area contributed by atoms with Gasteiger partial charge in [0.1, 0.15) is 22.2 Å². The summed E-state index contributed by atoms with van der Waals surface area (Å²) in [5.74, 6) is -1.30. The van der Waals surface area contributed by atoms with Gasteiger partial charge in [-0.05, 0) is 24.3 Å². The summed E-state index contributed by atoms with van der Waals surface area (Å²) in [4.78, 5) is 22.2. The van der Waals surface area contributed by atoms with Gasteiger partial charge in [-0.15, -0.1) is 10.2 Å². The number of rotatable bonds is 4. The van der Waals surface area contributed by atoms with Gasteiger partial charge in [0.15, 0.2) is 5.01 Å². The largest absolute Gasteiger partial charge is 0.490 e. The Morgan fingerprint density at radius 3 is 2.45 bits per heavy atom. The molecule has 0 unspecified atom stereocenters. The van der Waals surface area contributed by atoms with Crippen LogP contribution < -0.4 is 11.1 Å². The normalized spacial score (nSPS) is 11.2. The Morgan fingerprint density at radius 1 is 1.15 bits per heavy atom. The van der Waals surface area contributed by atoms with Crippen LogP contribution in [0.4, 0.5) is 30.5 Å². The molecule has 0 aromatic carbocycles. The van der Waals surface area contributed by atoms with Crippen molar-refractivity contribution in [2.75, 3.05) is 11.1 Å². The van der Waals surface area contributed by atoms with Crippen LogP contribution in [0.15, 0.2) is 42.7 Å². The second kappa shape index (κ2) is 9.73. The van der Waals surface area contributed by atoms with Gasteiger partial charge in [-0.3, -0.25) is 4.98 Å². The van der Waals surface area contributed by atoms with E-state index in [2.05, 4.69) is 44.3 Å². The highest BCUT2D eigenvalue weighted by atomic mass is 32.1. The fourth-order valence-electron chi connectivity index (χ4n) is 2.51. The van der Waals surface area contributed by atoms with Gasteiger partial charge < -0.3 is 16.2 Å². The topological polar surface area (TPSA) is 140 Å². The van der Waals surface area contributed by atoms with Crippen LogP contribution in [-0.4, -0.2) is 42.4 Å². The van der Waals surface area contributed by atoms with E-state index in [4.69, 9.17) is 15.6 Å². The van der Waals surface area contributed by atoms with Crippen LogP contribution in [0.2, 0.25) is 0 Å². The standard InChI is InChI=1S/C18H17N7S.C2HF3O2/c1-10(2)17-24-25-18(26-17)11-9-13-15(23-16(11)19)12(6-8-20-13)22-14-5-3-4-7-21-14;3-2(4,5)1(6)7/h3-10H,1-2H3,(H2,19,23)(H,20,21,22);(H,6,7). The zero-order chi connectivity index (χ0) is 24.2. The van der Waals surface area contributed by atoms with E-state index < -0.39 is 12.1 Å². The number of hydrogen-bond donors (Lipinski definition) is 3. The highest BCUT2D eigenvalue weighted by Gasteiger charge is 2.38. The molecule has 13 heteroatoms. The third-order valence-electron chi connectivity index (χ3n) is 4.08. The molecule has 0 fully saturated rings. The van der Waals surface area contributed by atoms with Crippen LogP contribution >= 0.6 is 11.3 Å². The lowest BCUT2D eigenvalue weighted by molar-refractivity contribution is -0.192. The number of carbonyl (C=O) groups is 1. The number of pyridine rings is 3. The average molecular weight is 477 g/mol. The van der Waals surface area contributed by atoms with Gasteiger partial charge >= 0.3 is 12.1 Å². The van der Waals surface area contributed by atoms with E-state index in [1.54, 1.807) is 12.4 Å². The molecule has 0 radical (unpaired) electrons. The summed E-state index contributed by atoms with van der Waals surface area (Å²) in [5, 5.41) is 20.6.